The molecule has 0 spiro atoms. The molecule has 1 heterocycles. The highest BCUT2D eigenvalue weighted by molar-refractivity contribution is 9.10. The number of hydrogen-bond donors (Lipinski definition) is 1. The van der Waals surface area contributed by atoms with Crippen LogP contribution in [0.2, 0.25) is 0 Å². The number of imide groups is 2. The van der Waals surface area contributed by atoms with Crippen molar-refractivity contribution in [3.63, 3.8) is 0 Å². The number of ether oxygens (including phenoxy) is 1. The summed E-state index contributed by atoms with van der Waals surface area (Å²) >= 11 is 3.41. The van der Waals surface area contributed by atoms with Crippen LogP contribution in [-0.4, -0.2) is 17.8 Å². The lowest BCUT2D eigenvalue weighted by atomic mass is 10.1. The highest BCUT2D eigenvalue weighted by Gasteiger charge is 2.36. The quantitative estimate of drug-likeness (QED) is 0.367. The minimum Gasteiger partial charge on any atom is -0.489 e. The van der Waals surface area contributed by atoms with Crippen LogP contribution in [0.5, 0.6) is 5.75 Å². The van der Waals surface area contributed by atoms with Crippen molar-refractivity contribution in [2.24, 2.45) is 0 Å². The van der Waals surface area contributed by atoms with Gasteiger partial charge in [-0.1, -0.05) is 59.3 Å². The van der Waals surface area contributed by atoms with E-state index in [0.29, 0.717) is 23.6 Å². The van der Waals surface area contributed by atoms with E-state index >= 15 is 0 Å². The summed E-state index contributed by atoms with van der Waals surface area (Å²) in [7, 11) is 0. The molecule has 0 aromatic heterocycles. The summed E-state index contributed by atoms with van der Waals surface area (Å²) in [5.74, 6) is -0.805. The molecule has 7 heteroatoms. The third kappa shape index (κ3) is 5.21. The van der Waals surface area contributed by atoms with Crippen LogP contribution in [0.25, 0.3) is 6.08 Å². The zero-order valence-electron chi connectivity index (χ0n) is 17.9. The molecule has 0 bridgehead atoms. The number of benzene rings is 3. The molecule has 1 aliphatic rings. The van der Waals surface area contributed by atoms with E-state index < -0.39 is 17.8 Å². The molecule has 0 saturated carbocycles. The first-order valence-electron chi connectivity index (χ1n) is 10.4. The summed E-state index contributed by atoms with van der Waals surface area (Å²) in [5, 5.41) is 2.25. The normalized spacial score (nSPS) is 15.0. The number of amides is 4. The first-order chi connectivity index (χ1) is 15.9. The molecule has 1 saturated heterocycles. The molecule has 4 rings (SSSR count). The number of nitrogens with one attached hydrogen (secondary N) is 1. The maximum Gasteiger partial charge on any atom is 0.335 e. The Kier molecular flexibility index (Phi) is 6.70. The zero-order chi connectivity index (χ0) is 23.4. The lowest BCUT2D eigenvalue weighted by Gasteiger charge is -2.26. The summed E-state index contributed by atoms with van der Waals surface area (Å²) in [6.07, 6.45) is 2.30. The smallest absolute Gasteiger partial charge is 0.335 e. The van der Waals surface area contributed by atoms with Crippen LogP contribution < -0.4 is 15.0 Å². The van der Waals surface area contributed by atoms with Crippen LogP contribution >= 0.6 is 15.9 Å². The first-order valence-corrected chi connectivity index (χ1v) is 11.2. The van der Waals surface area contributed by atoms with E-state index in [0.717, 1.165) is 26.9 Å². The average Bonchev–Trinajstić information content (AvgIpc) is 2.82. The summed E-state index contributed by atoms with van der Waals surface area (Å²) in [6, 6.07) is 21.2. The van der Waals surface area contributed by atoms with Gasteiger partial charge in [0, 0.05) is 4.47 Å². The Bertz CT molecular complexity index is 1230. The van der Waals surface area contributed by atoms with Crippen molar-refractivity contribution in [3.05, 3.63) is 99.5 Å². The summed E-state index contributed by atoms with van der Waals surface area (Å²) in [5.41, 5.74) is 2.97. The van der Waals surface area contributed by atoms with Gasteiger partial charge in [-0.05, 0) is 65.6 Å². The SMILES string of the molecule is CCc1ccc(N2C(=O)NC(=O)/C(=C/c3cccc(OCc4ccc(Br)cc4)c3)C2=O)cc1. The molecule has 0 aliphatic carbocycles. The van der Waals surface area contributed by atoms with Gasteiger partial charge in [-0.2, -0.15) is 0 Å². The van der Waals surface area contributed by atoms with Crippen molar-refractivity contribution >= 4 is 45.5 Å². The maximum absolute atomic E-state index is 13.1. The molecule has 3 aromatic carbocycles. The average molecular weight is 505 g/mol. The van der Waals surface area contributed by atoms with E-state index in [-0.39, 0.29) is 5.57 Å². The third-order valence-electron chi connectivity index (χ3n) is 5.19. The molecule has 0 unspecified atom stereocenters. The van der Waals surface area contributed by atoms with Crippen LogP contribution in [0.3, 0.4) is 0 Å². The predicted octanol–water partition coefficient (Wildman–Crippen LogP) is 5.26. The van der Waals surface area contributed by atoms with E-state index in [9.17, 15) is 14.4 Å². The molecule has 3 aromatic rings. The highest BCUT2D eigenvalue weighted by Crippen LogP contribution is 2.24. The lowest BCUT2D eigenvalue weighted by Crippen LogP contribution is -2.54. The standard InChI is InChI=1S/C26H21BrN2O4/c1-2-17-8-12-21(13-9-17)29-25(31)23(24(30)28-26(29)32)15-19-4-3-5-22(14-19)33-16-18-6-10-20(27)11-7-18/h3-15H,2,16H2,1H3,(H,28,30,32)/b23-15-. The van der Waals surface area contributed by atoms with E-state index in [2.05, 4.69) is 21.2 Å². The minimum absolute atomic E-state index is 0.126. The third-order valence-corrected chi connectivity index (χ3v) is 5.72. The number of nitrogens with zero attached hydrogens (tertiary/aromatic N) is 1. The minimum atomic E-state index is -0.766. The number of urea groups is 1. The largest absolute Gasteiger partial charge is 0.489 e. The number of carbonyl (C=O) groups excluding carboxylic acids is 3. The van der Waals surface area contributed by atoms with Gasteiger partial charge < -0.3 is 4.74 Å². The summed E-state index contributed by atoms with van der Waals surface area (Å²) in [4.78, 5) is 38.9. The first kappa shape index (κ1) is 22.5. The molecular formula is C26H21BrN2O4. The van der Waals surface area contributed by atoms with Crippen LogP contribution in [0, 0.1) is 0 Å². The van der Waals surface area contributed by atoms with Gasteiger partial charge in [0.1, 0.15) is 17.9 Å². The monoisotopic (exact) mass is 504 g/mol. The fraction of sp³-hybridized carbons (Fsp3) is 0.115. The second kappa shape index (κ2) is 9.83. The summed E-state index contributed by atoms with van der Waals surface area (Å²) in [6.45, 7) is 2.40. The molecule has 0 radical (unpaired) electrons. The maximum atomic E-state index is 13.1. The van der Waals surface area contributed by atoms with Gasteiger partial charge >= 0.3 is 6.03 Å². The molecule has 1 fully saturated rings. The van der Waals surface area contributed by atoms with Crippen molar-refractivity contribution in [2.75, 3.05) is 4.90 Å². The number of rotatable bonds is 6. The fourth-order valence-electron chi connectivity index (χ4n) is 3.38. The molecule has 1 N–H and O–H groups in total. The number of aryl methyl sites for hydroxylation is 1. The molecule has 1 aliphatic heterocycles. The van der Waals surface area contributed by atoms with Gasteiger partial charge in [0.25, 0.3) is 11.8 Å². The Morgan fingerprint density at radius 2 is 1.64 bits per heavy atom. The van der Waals surface area contributed by atoms with Crippen LogP contribution in [0.1, 0.15) is 23.6 Å². The molecule has 6 nitrogen and oxygen atoms in total. The number of barbiturate groups is 1. The number of anilines is 1. The molecular weight excluding hydrogens is 484 g/mol. The van der Waals surface area contributed by atoms with Crippen molar-refractivity contribution in [3.8, 4) is 5.75 Å². The van der Waals surface area contributed by atoms with E-state index in [1.165, 1.54) is 6.08 Å². The Labute approximate surface area is 200 Å². The van der Waals surface area contributed by atoms with Gasteiger partial charge in [-0.15, -0.1) is 0 Å². The second-order valence-electron chi connectivity index (χ2n) is 7.47. The molecule has 33 heavy (non-hydrogen) atoms. The van der Waals surface area contributed by atoms with E-state index in [1.807, 2.05) is 43.3 Å². The zero-order valence-corrected chi connectivity index (χ0v) is 19.5. The molecule has 4 amide bonds. The van der Waals surface area contributed by atoms with Gasteiger partial charge in [0.15, 0.2) is 0 Å². The van der Waals surface area contributed by atoms with Crippen molar-refractivity contribution in [2.45, 2.75) is 20.0 Å². The van der Waals surface area contributed by atoms with Crippen LogP contribution in [0.15, 0.2) is 82.8 Å². The second-order valence-corrected chi connectivity index (χ2v) is 8.38. The number of carbonyl (C=O) groups is 3. The molecule has 166 valence electrons. The Hall–Kier alpha value is -3.71. The van der Waals surface area contributed by atoms with E-state index in [4.69, 9.17) is 4.74 Å². The van der Waals surface area contributed by atoms with Crippen LogP contribution in [0.4, 0.5) is 10.5 Å². The van der Waals surface area contributed by atoms with Crippen molar-refractivity contribution in [1.82, 2.24) is 5.32 Å². The lowest BCUT2D eigenvalue weighted by molar-refractivity contribution is -0.122. The van der Waals surface area contributed by atoms with Gasteiger partial charge in [-0.3, -0.25) is 14.9 Å². The Balaban J connectivity index is 1.55. The Morgan fingerprint density at radius 3 is 2.33 bits per heavy atom. The van der Waals surface area contributed by atoms with Crippen LogP contribution in [-0.2, 0) is 22.6 Å². The molecule has 0 atom stereocenters. The number of halogens is 1. The Morgan fingerprint density at radius 1 is 0.939 bits per heavy atom. The van der Waals surface area contributed by atoms with Gasteiger partial charge in [0.2, 0.25) is 0 Å². The topological polar surface area (TPSA) is 75.7 Å². The predicted molar refractivity (Wildman–Crippen MR) is 130 cm³/mol. The van der Waals surface area contributed by atoms with Gasteiger partial charge in [0.05, 0.1) is 5.69 Å². The highest BCUT2D eigenvalue weighted by atomic mass is 79.9. The van der Waals surface area contributed by atoms with Crippen molar-refractivity contribution in [1.29, 1.82) is 0 Å². The number of hydrogen-bond acceptors (Lipinski definition) is 4. The van der Waals surface area contributed by atoms with E-state index in [1.54, 1.807) is 36.4 Å². The van der Waals surface area contributed by atoms with Gasteiger partial charge in [-0.25, -0.2) is 9.69 Å². The van der Waals surface area contributed by atoms with Crippen molar-refractivity contribution < 1.29 is 19.1 Å². The fourth-order valence-corrected chi connectivity index (χ4v) is 3.65. The summed E-state index contributed by atoms with van der Waals surface area (Å²) < 4.78 is 6.84.